The second-order valence-corrected chi connectivity index (χ2v) is 6.04. The number of hydrogen-bond acceptors (Lipinski definition) is 5. The predicted octanol–water partition coefficient (Wildman–Crippen LogP) is 2.82. The number of hydrogen-bond donors (Lipinski definition) is 1. The molecule has 2 aliphatic rings. The number of aliphatic hydroxyl groups excluding tert-OH is 1. The molecule has 0 amide bonds. The van der Waals surface area contributed by atoms with Gasteiger partial charge in [0.1, 0.15) is 5.58 Å². The summed E-state index contributed by atoms with van der Waals surface area (Å²) < 4.78 is 5.54. The first-order chi connectivity index (χ1) is 9.78. The molecule has 0 saturated carbocycles. The first kappa shape index (κ1) is 12.1. The fourth-order valence-electron chi connectivity index (χ4n) is 2.84. The summed E-state index contributed by atoms with van der Waals surface area (Å²) in [4.78, 5) is 7.64. The zero-order chi connectivity index (χ0) is 13.7. The number of aryl methyl sites for hydroxylation is 1. The Balaban J connectivity index is 1.90. The van der Waals surface area contributed by atoms with Crippen LogP contribution in [0.3, 0.4) is 0 Å². The van der Waals surface area contributed by atoms with Gasteiger partial charge in [-0.3, -0.25) is 4.99 Å². The molecule has 0 fully saturated rings. The average molecular weight is 286 g/mol. The molecule has 0 radical (unpaired) electrons. The summed E-state index contributed by atoms with van der Waals surface area (Å²) in [5.74, 6) is 0. The first-order valence-electron chi connectivity index (χ1n) is 6.60. The number of amidine groups is 1. The van der Waals surface area contributed by atoms with Gasteiger partial charge in [-0.1, -0.05) is 11.8 Å². The Bertz CT molecular complexity index is 760. The van der Waals surface area contributed by atoms with Gasteiger partial charge in [-0.25, -0.2) is 0 Å². The molecule has 3 heterocycles. The van der Waals surface area contributed by atoms with E-state index >= 15 is 0 Å². The van der Waals surface area contributed by atoms with E-state index in [0.717, 1.165) is 45.4 Å². The molecule has 0 spiro atoms. The molecule has 0 unspecified atom stereocenters. The van der Waals surface area contributed by atoms with Gasteiger partial charge >= 0.3 is 0 Å². The van der Waals surface area contributed by atoms with Crippen molar-refractivity contribution in [1.82, 2.24) is 4.90 Å². The highest BCUT2D eigenvalue weighted by molar-refractivity contribution is 8.17. The average Bonchev–Trinajstić information content (AvgIpc) is 3.12. The van der Waals surface area contributed by atoms with Gasteiger partial charge in [-0.15, -0.1) is 0 Å². The van der Waals surface area contributed by atoms with Crippen LogP contribution in [-0.4, -0.2) is 34.9 Å². The third-order valence-corrected chi connectivity index (χ3v) is 4.85. The number of rotatable bonds is 2. The molecule has 2 aromatic rings. The van der Waals surface area contributed by atoms with E-state index in [9.17, 15) is 5.11 Å². The van der Waals surface area contributed by atoms with Crippen molar-refractivity contribution in [1.29, 1.82) is 0 Å². The molecule has 20 heavy (non-hydrogen) atoms. The molecular weight excluding hydrogens is 272 g/mol. The molecule has 1 aromatic heterocycles. The first-order valence-corrected chi connectivity index (χ1v) is 7.41. The van der Waals surface area contributed by atoms with Crippen LogP contribution >= 0.6 is 11.8 Å². The van der Waals surface area contributed by atoms with Crippen LogP contribution in [-0.2, 0) is 0 Å². The van der Waals surface area contributed by atoms with Gasteiger partial charge in [0.05, 0.1) is 25.1 Å². The standard InChI is InChI=1S/C15H14N2O2S/c1-9-6-10(7-12-11(9)2-5-19-12)14-13(8-18)20-15-16-3-4-17(14)15/h2,5-7,18H,3-4,8H2,1H3. The largest absolute Gasteiger partial charge is 0.464 e. The van der Waals surface area contributed by atoms with Crippen LogP contribution in [0.4, 0.5) is 0 Å². The normalized spacial score (nSPS) is 18.1. The highest BCUT2D eigenvalue weighted by Crippen LogP contribution is 2.42. The number of benzene rings is 1. The molecule has 0 aliphatic carbocycles. The lowest BCUT2D eigenvalue weighted by atomic mass is 10.0. The maximum Gasteiger partial charge on any atom is 0.168 e. The van der Waals surface area contributed by atoms with Gasteiger partial charge in [0.2, 0.25) is 0 Å². The van der Waals surface area contributed by atoms with Crippen LogP contribution in [0.2, 0.25) is 0 Å². The highest BCUT2D eigenvalue weighted by Gasteiger charge is 2.32. The molecule has 1 aromatic carbocycles. The smallest absolute Gasteiger partial charge is 0.168 e. The fourth-order valence-corrected chi connectivity index (χ4v) is 3.90. The second-order valence-electron chi connectivity index (χ2n) is 4.97. The van der Waals surface area contributed by atoms with E-state index in [1.165, 1.54) is 5.56 Å². The van der Waals surface area contributed by atoms with Gasteiger partial charge in [0, 0.05) is 22.4 Å². The highest BCUT2D eigenvalue weighted by atomic mass is 32.2. The summed E-state index contributed by atoms with van der Waals surface area (Å²) in [6.45, 7) is 3.84. The zero-order valence-electron chi connectivity index (χ0n) is 11.1. The van der Waals surface area contributed by atoms with Crippen molar-refractivity contribution in [2.24, 2.45) is 4.99 Å². The topological polar surface area (TPSA) is 49.0 Å². The van der Waals surface area contributed by atoms with E-state index < -0.39 is 0 Å². The Morgan fingerprint density at radius 1 is 1.45 bits per heavy atom. The molecule has 4 rings (SSSR count). The van der Waals surface area contributed by atoms with Crippen molar-refractivity contribution in [2.75, 3.05) is 19.7 Å². The van der Waals surface area contributed by atoms with E-state index in [-0.39, 0.29) is 6.61 Å². The van der Waals surface area contributed by atoms with Gasteiger partial charge in [0.15, 0.2) is 5.17 Å². The number of aliphatic hydroxyl groups is 1. The van der Waals surface area contributed by atoms with Crippen LogP contribution in [0.1, 0.15) is 11.1 Å². The summed E-state index contributed by atoms with van der Waals surface area (Å²) >= 11 is 1.57. The third-order valence-electron chi connectivity index (χ3n) is 3.75. The summed E-state index contributed by atoms with van der Waals surface area (Å²) in [5, 5.41) is 11.8. The summed E-state index contributed by atoms with van der Waals surface area (Å²) in [6, 6.07) is 6.20. The van der Waals surface area contributed by atoms with Crippen LogP contribution in [0.5, 0.6) is 0 Å². The van der Waals surface area contributed by atoms with Gasteiger partial charge in [-0.2, -0.15) is 0 Å². The lowest BCUT2D eigenvalue weighted by Gasteiger charge is -2.17. The summed E-state index contributed by atoms with van der Waals surface area (Å²) in [6.07, 6.45) is 1.72. The van der Waals surface area contributed by atoms with E-state index in [2.05, 4.69) is 28.9 Å². The molecule has 1 N–H and O–H groups in total. The summed E-state index contributed by atoms with van der Waals surface area (Å²) in [5.41, 5.74) is 4.24. The SMILES string of the molecule is Cc1cc(C2=C(CO)SC3=NCCN32)cc2occc12. The minimum absolute atomic E-state index is 0.0464. The molecule has 5 heteroatoms. The van der Waals surface area contributed by atoms with Gasteiger partial charge < -0.3 is 14.4 Å². The van der Waals surface area contributed by atoms with Crippen molar-refractivity contribution in [3.05, 3.63) is 40.5 Å². The molecule has 4 nitrogen and oxygen atoms in total. The van der Waals surface area contributed by atoms with E-state index in [1.807, 2.05) is 6.07 Å². The van der Waals surface area contributed by atoms with Crippen LogP contribution < -0.4 is 0 Å². The molecule has 102 valence electrons. The zero-order valence-corrected chi connectivity index (χ0v) is 11.9. The molecular formula is C15H14N2O2S. The molecule has 0 atom stereocenters. The van der Waals surface area contributed by atoms with Gasteiger partial charge in [0.25, 0.3) is 0 Å². The quantitative estimate of drug-likeness (QED) is 0.922. The van der Waals surface area contributed by atoms with Crippen molar-refractivity contribution in [3.8, 4) is 0 Å². The van der Waals surface area contributed by atoms with Crippen molar-refractivity contribution < 1.29 is 9.52 Å². The fraction of sp³-hybridized carbons (Fsp3) is 0.267. The van der Waals surface area contributed by atoms with Crippen molar-refractivity contribution in [3.63, 3.8) is 0 Å². The Morgan fingerprint density at radius 3 is 3.20 bits per heavy atom. The van der Waals surface area contributed by atoms with E-state index in [0.29, 0.717) is 0 Å². The lowest BCUT2D eigenvalue weighted by Crippen LogP contribution is -2.20. The summed E-state index contributed by atoms with van der Waals surface area (Å²) in [7, 11) is 0. The third kappa shape index (κ3) is 1.63. The maximum absolute atomic E-state index is 9.61. The van der Waals surface area contributed by atoms with Crippen LogP contribution in [0.15, 0.2) is 38.8 Å². The maximum atomic E-state index is 9.61. The second kappa shape index (κ2) is 4.40. The Morgan fingerprint density at radius 2 is 2.35 bits per heavy atom. The van der Waals surface area contributed by atoms with Crippen molar-refractivity contribution in [2.45, 2.75) is 6.92 Å². The Kier molecular flexibility index (Phi) is 2.65. The van der Waals surface area contributed by atoms with Crippen LogP contribution in [0.25, 0.3) is 16.7 Å². The monoisotopic (exact) mass is 286 g/mol. The minimum atomic E-state index is 0.0464. The van der Waals surface area contributed by atoms with E-state index in [1.54, 1.807) is 18.0 Å². The molecule has 0 bridgehead atoms. The van der Waals surface area contributed by atoms with Gasteiger partial charge in [-0.05, 0) is 30.7 Å². The molecule has 2 aliphatic heterocycles. The Hall–Kier alpha value is -1.72. The minimum Gasteiger partial charge on any atom is -0.464 e. The predicted molar refractivity (Wildman–Crippen MR) is 81.6 cm³/mol. The number of furan rings is 1. The Labute approximate surface area is 120 Å². The lowest BCUT2D eigenvalue weighted by molar-refractivity contribution is 0.339. The number of aliphatic imine (C=N–C) groups is 1. The van der Waals surface area contributed by atoms with Crippen LogP contribution in [0, 0.1) is 6.92 Å². The number of fused-ring (bicyclic) bond motifs is 2. The molecule has 0 saturated heterocycles. The van der Waals surface area contributed by atoms with E-state index in [4.69, 9.17) is 4.42 Å². The van der Waals surface area contributed by atoms with Crippen molar-refractivity contribution >= 4 is 33.6 Å². The number of thioether (sulfide) groups is 1. The number of nitrogens with zero attached hydrogens (tertiary/aromatic N) is 2.